The summed E-state index contributed by atoms with van der Waals surface area (Å²) in [6.07, 6.45) is 1.90. The number of pyridine rings is 1. The van der Waals surface area contributed by atoms with Crippen molar-refractivity contribution < 1.29 is 9.18 Å². The average molecular weight is 327 g/mol. The maximum atomic E-state index is 12.9. The highest BCUT2D eigenvalue weighted by Gasteiger charge is 2.13. The number of thiazole rings is 1. The van der Waals surface area contributed by atoms with Crippen molar-refractivity contribution in [3.8, 4) is 10.6 Å². The van der Waals surface area contributed by atoms with E-state index in [2.05, 4.69) is 15.3 Å². The molecule has 0 bridgehead atoms. The predicted octanol–water partition coefficient (Wildman–Crippen LogP) is 3.83. The van der Waals surface area contributed by atoms with Crippen LogP contribution in [-0.4, -0.2) is 15.9 Å². The molecule has 3 aromatic rings. The minimum Gasteiger partial charge on any atom is -0.302 e. The van der Waals surface area contributed by atoms with Crippen LogP contribution in [0, 0.1) is 12.7 Å². The maximum absolute atomic E-state index is 12.9. The van der Waals surface area contributed by atoms with Crippen molar-refractivity contribution in [3.63, 3.8) is 0 Å². The van der Waals surface area contributed by atoms with E-state index < -0.39 is 0 Å². The molecular formula is C17H14FN3OS. The van der Waals surface area contributed by atoms with E-state index in [0.29, 0.717) is 5.13 Å². The number of carbonyl (C=O) groups excluding carboxylic acids is 1. The first-order chi connectivity index (χ1) is 11.1. The molecule has 0 aliphatic carbocycles. The Balaban J connectivity index is 1.71. The molecule has 0 atom stereocenters. The molecule has 0 radical (unpaired) electrons. The lowest BCUT2D eigenvalue weighted by Gasteiger charge is -2.01. The molecule has 0 aliphatic heterocycles. The molecule has 23 heavy (non-hydrogen) atoms. The van der Waals surface area contributed by atoms with Crippen LogP contribution in [0.25, 0.3) is 10.6 Å². The number of rotatable bonds is 4. The van der Waals surface area contributed by atoms with Gasteiger partial charge in [0.2, 0.25) is 5.91 Å². The fraction of sp³-hybridized carbons (Fsp3) is 0.118. The van der Waals surface area contributed by atoms with Crippen LogP contribution in [-0.2, 0) is 11.2 Å². The molecule has 1 N–H and O–H groups in total. The molecule has 0 aliphatic rings. The molecule has 6 heteroatoms. The van der Waals surface area contributed by atoms with Gasteiger partial charge in [-0.3, -0.25) is 9.78 Å². The van der Waals surface area contributed by atoms with E-state index in [4.69, 9.17) is 0 Å². The van der Waals surface area contributed by atoms with Gasteiger partial charge in [0, 0.05) is 6.20 Å². The molecule has 0 saturated heterocycles. The average Bonchev–Trinajstić information content (AvgIpc) is 2.91. The second kappa shape index (κ2) is 6.66. The largest absolute Gasteiger partial charge is 0.302 e. The first-order valence-corrected chi connectivity index (χ1v) is 7.86. The molecule has 3 rings (SSSR count). The second-order valence-electron chi connectivity index (χ2n) is 5.00. The Morgan fingerprint density at radius 3 is 2.70 bits per heavy atom. The van der Waals surface area contributed by atoms with E-state index >= 15 is 0 Å². The van der Waals surface area contributed by atoms with Crippen molar-refractivity contribution in [1.29, 1.82) is 0 Å². The van der Waals surface area contributed by atoms with E-state index in [9.17, 15) is 9.18 Å². The van der Waals surface area contributed by atoms with E-state index in [0.717, 1.165) is 21.8 Å². The number of nitrogens with one attached hydrogen (secondary N) is 1. The SMILES string of the molecule is Cc1nc(NC(=O)Cc2ccc(F)cc2)sc1-c1ccccn1. The monoisotopic (exact) mass is 327 g/mol. The zero-order valence-electron chi connectivity index (χ0n) is 12.4. The number of halogens is 1. The topological polar surface area (TPSA) is 54.9 Å². The molecule has 0 unspecified atom stereocenters. The normalized spacial score (nSPS) is 10.5. The third-order valence-electron chi connectivity index (χ3n) is 3.22. The minimum absolute atomic E-state index is 0.178. The number of nitrogens with zero attached hydrogens (tertiary/aromatic N) is 2. The molecule has 1 amide bonds. The maximum Gasteiger partial charge on any atom is 0.230 e. The standard InChI is InChI=1S/C17H14FN3OS/c1-11-16(14-4-2-3-9-19-14)23-17(20-11)21-15(22)10-12-5-7-13(18)8-6-12/h2-9H,10H2,1H3,(H,20,21,22). The van der Waals surface area contributed by atoms with Gasteiger partial charge in [-0.25, -0.2) is 9.37 Å². The molecule has 0 saturated carbocycles. The number of amides is 1. The third kappa shape index (κ3) is 3.78. The van der Waals surface area contributed by atoms with E-state index in [1.54, 1.807) is 18.3 Å². The summed E-state index contributed by atoms with van der Waals surface area (Å²) < 4.78 is 12.9. The molecule has 116 valence electrons. The molecule has 4 nitrogen and oxygen atoms in total. The Bertz CT molecular complexity index is 816. The van der Waals surface area contributed by atoms with Gasteiger partial charge in [-0.1, -0.05) is 29.5 Å². The van der Waals surface area contributed by atoms with Crippen LogP contribution in [0.15, 0.2) is 48.7 Å². The van der Waals surface area contributed by atoms with Crippen LogP contribution < -0.4 is 5.32 Å². The molecular weight excluding hydrogens is 313 g/mol. The zero-order valence-corrected chi connectivity index (χ0v) is 13.2. The zero-order chi connectivity index (χ0) is 16.2. The van der Waals surface area contributed by atoms with Crippen molar-refractivity contribution in [3.05, 3.63) is 65.7 Å². The molecule has 2 aromatic heterocycles. The summed E-state index contributed by atoms with van der Waals surface area (Å²) in [5.41, 5.74) is 2.41. The number of aryl methyl sites for hydroxylation is 1. The first-order valence-electron chi connectivity index (χ1n) is 7.05. The van der Waals surface area contributed by atoms with Gasteiger partial charge in [0.05, 0.1) is 22.7 Å². The number of hydrogen-bond donors (Lipinski definition) is 1. The van der Waals surface area contributed by atoms with Gasteiger partial charge in [0.1, 0.15) is 5.82 Å². The van der Waals surface area contributed by atoms with Crippen molar-refractivity contribution in [1.82, 2.24) is 9.97 Å². The van der Waals surface area contributed by atoms with Crippen LogP contribution in [0.1, 0.15) is 11.3 Å². The fourth-order valence-corrected chi connectivity index (χ4v) is 3.10. The number of aromatic nitrogens is 2. The van der Waals surface area contributed by atoms with Gasteiger partial charge in [0.15, 0.2) is 5.13 Å². The predicted molar refractivity (Wildman–Crippen MR) is 88.8 cm³/mol. The quantitative estimate of drug-likeness (QED) is 0.792. The van der Waals surface area contributed by atoms with Crippen molar-refractivity contribution in [2.24, 2.45) is 0 Å². The van der Waals surface area contributed by atoms with E-state index in [1.807, 2.05) is 25.1 Å². The summed E-state index contributed by atoms with van der Waals surface area (Å²) in [7, 11) is 0. The lowest BCUT2D eigenvalue weighted by atomic mass is 10.1. The Kier molecular flexibility index (Phi) is 4.43. The Morgan fingerprint density at radius 1 is 1.22 bits per heavy atom. The van der Waals surface area contributed by atoms with Crippen molar-refractivity contribution >= 4 is 22.4 Å². The Hall–Kier alpha value is -2.60. The van der Waals surface area contributed by atoms with Crippen molar-refractivity contribution in [2.75, 3.05) is 5.32 Å². The first kappa shape index (κ1) is 15.3. The van der Waals surface area contributed by atoms with Gasteiger partial charge in [-0.2, -0.15) is 0 Å². The van der Waals surface area contributed by atoms with Gasteiger partial charge >= 0.3 is 0 Å². The van der Waals surface area contributed by atoms with Gasteiger partial charge in [0.25, 0.3) is 0 Å². The van der Waals surface area contributed by atoms with Crippen LogP contribution in [0.3, 0.4) is 0 Å². The van der Waals surface area contributed by atoms with Crippen molar-refractivity contribution in [2.45, 2.75) is 13.3 Å². The lowest BCUT2D eigenvalue weighted by Crippen LogP contribution is -2.14. The Morgan fingerprint density at radius 2 is 2.00 bits per heavy atom. The Labute approximate surface area is 137 Å². The summed E-state index contributed by atoms with van der Waals surface area (Å²) >= 11 is 1.39. The van der Waals surface area contributed by atoms with E-state index in [-0.39, 0.29) is 18.1 Å². The van der Waals surface area contributed by atoms with Gasteiger partial charge in [-0.05, 0) is 36.8 Å². The van der Waals surface area contributed by atoms with Gasteiger partial charge < -0.3 is 5.32 Å². The summed E-state index contributed by atoms with van der Waals surface area (Å²) in [6, 6.07) is 11.6. The molecule has 2 heterocycles. The number of anilines is 1. The lowest BCUT2D eigenvalue weighted by molar-refractivity contribution is -0.115. The number of hydrogen-bond acceptors (Lipinski definition) is 4. The molecule has 0 fully saturated rings. The highest BCUT2D eigenvalue weighted by molar-refractivity contribution is 7.19. The van der Waals surface area contributed by atoms with Crippen LogP contribution in [0.4, 0.5) is 9.52 Å². The van der Waals surface area contributed by atoms with Crippen LogP contribution in [0.5, 0.6) is 0 Å². The summed E-state index contributed by atoms with van der Waals surface area (Å²) in [5, 5.41) is 3.32. The molecule has 1 aromatic carbocycles. The smallest absolute Gasteiger partial charge is 0.230 e. The highest BCUT2D eigenvalue weighted by atomic mass is 32.1. The second-order valence-corrected chi connectivity index (χ2v) is 6.00. The number of benzene rings is 1. The molecule has 0 spiro atoms. The minimum atomic E-state index is -0.315. The summed E-state index contributed by atoms with van der Waals surface area (Å²) in [4.78, 5) is 21.7. The summed E-state index contributed by atoms with van der Waals surface area (Å²) in [6.45, 7) is 1.89. The highest BCUT2D eigenvalue weighted by Crippen LogP contribution is 2.31. The van der Waals surface area contributed by atoms with Crippen LogP contribution >= 0.6 is 11.3 Å². The van der Waals surface area contributed by atoms with E-state index in [1.165, 1.54) is 23.5 Å². The van der Waals surface area contributed by atoms with Crippen LogP contribution in [0.2, 0.25) is 0 Å². The fourth-order valence-electron chi connectivity index (χ4n) is 2.14. The third-order valence-corrected chi connectivity index (χ3v) is 4.31. The summed E-state index contributed by atoms with van der Waals surface area (Å²) in [5.74, 6) is -0.498. The number of carbonyl (C=O) groups is 1. The van der Waals surface area contributed by atoms with Gasteiger partial charge in [-0.15, -0.1) is 0 Å².